The predicted molar refractivity (Wildman–Crippen MR) is 126 cm³/mol. The van der Waals surface area contributed by atoms with Crippen LogP contribution in [0.15, 0.2) is 78.9 Å². The van der Waals surface area contributed by atoms with Crippen LogP contribution >= 0.6 is 0 Å². The first-order valence-electron chi connectivity index (χ1n) is 11.4. The Bertz CT molecular complexity index is 1080. The van der Waals surface area contributed by atoms with E-state index in [0.29, 0.717) is 11.6 Å². The number of aromatic hydroxyl groups is 1. The molecule has 2 aliphatic heterocycles. The SMILES string of the molecule is O=C(Nc1ccccc1O)C1CCN(N2Cc3ccccc3C(c3ccccc3)C2)CC1. The number of carbonyl (C=O) groups is 1. The molecular weight excluding hydrogens is 398 g/mol. The number of benzene rings is 3. The van der Waals surface area contributed by atoms with Gasteiger partial charge in [-0.05, 0) is 41.7 Å². The lowest BCUT2D eigenvalue weighted by molar-refractivity contribution is -0.124. The summed E-state index contributed by atoms with van der Waals surface area (Å²) in [6, 6.07) is 26.4. The molecule has 0 aromatic heterocycles. The summed E-state index contributed by atoms with van der Waals surface area (Å²) < 4.78 is 0. The molecule has 5 heteroatoms. The Balaban J connectivity index is 1.26. The summed E-state index contributed by atoms with van der Waals surface area (Å²) in [6.45, 7) is 3.59. The van der Waals surface area contributed by atoms with Gasteiger partial charge in [-0.15, -0.1) is 0 Å². The summed E-state index contributed by atoms with van der Waals surface area (Å²) in [6.07, 6.45) is 1.63. The number of phenols is 1. The van der Waals surface area contributed by atoms with Gasteiger partial charge in [0.2, 0.25) is 5.91 Å². The van der Waals surface area contributed by atoms with Crippen molar-refractivity contribution in [3.05, 3.63) is 95.6 Å². The number of para-hydroxylation sites is 2. The molecule has 1 fully saturated rings. The third-order valence-electron chi connectivity index (χ3n) is 6.78. The van der Waals surface area contributed by atoms with Crippen molar-refractivity contribution in [1.29, 1.82) is 0 Å². The lowest BCUT2D eigenvalue weighted by atomic mass is 9.85. The maximum absolute atomic E-state index is 12.7. The highest BCUT2D eigenvalue weighted by Gasteiger charge is 2.33. The van der Waals surface area contributed by atoms with Gasteiger partial charge in [-0.2, -0.15) is 0 Å². The summed E-state index contributed by atoms with van der Waals surface area (Å²) in [5, 5.41) is 17.7. The number of nitrogens with one attached hydrogen (secondary N) is 1. The van der Waals surface area contributed by atoms with Crippen LogP contribution < -0.4 is 5.32 Å². The van der Waals surface area contributed by atoms with Gasteiger partial charge in [-0.1, -0.05) is 66.7 Å². The number of piperidine rings is 1. The van der Waals surface area contributed by atoms with Crippen molar-refractivity contribution in [2.45, 2.75) is 25.3 Å². The third kappa shape index (κ3) is 4.27. The molecule has 164 valence electrons. The first-order chi connectivity index (χ1) is 15.7. The zero-order chi connectivity index (χ0) is 21.9. The number of carbonyl (C=O) groups excluding carboxylic acids is 1. The predicted octanol–water partition coefficient (Wildman–Crippen LogP) is 4.61. The van der Waals surface area contributed by atoms with E-state index in [1.54, 1.807) is 18.2 Å². The Labute approximate surface area is 189 Å². The molecule has 0 radical (unpaired) electrons. The number of fused-ring (bicyclic) bond motifs is 1. The fourth-order valence-electron chi connectivity index (χ4n) is 5.00. The van der Waals surface area contributed by atoms with Crippen molar-refractivity contribution in [1.82, 2.24) is 10.0 Å². The van der Waals surface area contributed by atoms with E-state index in [1.807, 2.05) is 6.07 Å². The van der Waals surface area contributed by atoms with Crippen LogP contribution in [0, 0.1) is 5.92 Å². The number of rotatable bonds is 4. The van der Waals surface area contributed by atoms with E-state index in [9.17, 15) is 9.90 Å². The Kier molecular flexibility index (Phi) is 5.93. The monoisotopic (exact) mass is 427 g/mol. The van der Waals surface area contributed by atoms with Crippen LogP contribution in [0.4, 0.5) is 5.69 Å². The van der Waals surface area contributed by atoms with Crippen LogP contribution in [-0.2, 0) is 11.3 Å². The third-order valence-corrected chi connectivity index (χ3v) is 6.78. The summed E-state index contributed by atoms with van der Waals surface area (Å²) in [7, 11) is 0. The molecule has 2 N–H and O–H groups in total. The van der Waals surface area contributed by atoms with Crippen LogP contribution in [-0.4, -0.2) is 40.7 Å². The van der Waals surface area contributed by atoms with Crippen LogP contribution in [0.5, 0.6) is 5.75 Å². The average molecular weight is 428 g/mol. The van der Waals surface area contributed by atoms with Gasteiger partial charge in [-0.3, -0.25) is 4.79 Å². The van der Waals surface area contributed by atoms with Gasteiger partial charge in [0.1, 0.15) is 5.75 Å². The molecule has 0 bridgehead atoms. The molecule has 5 rings (SSSR count). The minimum Gasteiger partial charge on any atom is -0.506 e. The fourth-order valence-corrected chi connectivity index (χ4v) is 5.00. The van der Waals surface area contributed by atoms with Crippen LogP contribution in [0.3, 0.4) is 0 Å². The highest BCUT2D eigenvalue weighted by atomic mass is 16.3. The second kappa shape index (κ2) is 9.15. The zero-order valence-electron chi connectivity index (χ0n) is 18.2. The smallest absolute Gasteiger partial charge is 0.227 e. The van der Waals surface area contributed by atoms with Crippen LogP contribution in [0.25, 0.3) is 0 Å². The number of hydrazine groups is 1. The summed E-state index contributed by atoms with van der Waals surface area (Å²) in [5.74, 6) is 0.422. The van der Waals surface area contributed by atoms with Crippen molar-refractivity contribution in [3.63, 3.8) is 0 Å². The molecule has 1 amide bonds. The van der Waals surface area contributed by atoms with Gasteiger partial charge in [0.05, 0.1) is 5.69 Å². The molecule has 1 unspecified atom stereocenters. The average Bonchev–Trinajstić information content (AvgIpc) is 2.85. The molecule has 3 aromatic rings. The molecule has 0 spiro atoms. The lowest BCUT2D eigenvalue weighted by Gasteiger charge is -2.44. The summed E-state index contributed by atoms with van der Waals surface area (Å²) in [5.41, 5.74) is 4.64. The molecule has 5 nitrogen and oxygen atoms in total. The number of hydrogen-bond acceptors (Lipinski definition) is 4. The fraction of sp³-hybridized carbons (Fsp3) is 0.296. The molecule has 1 saturated heterocycles. The van der Waals surface area contributed by atoms with Crippen molar-refractivity contribution in [3.8, 4) is 5.75 Å². The van der Waals surface area contributed by atoms with Crippen LogP contribution in [0.2, 0.25) is 0 Å². The summed E-state index contributed by atoms with van der Waals surface area (Å²) >= 11 is 0. The van der Waals surface area contributed by atoms with Gasteiger partial charge in [0.15, 0.2) is 0 Å². The minimum absolute atomic E-state index is 0.00250. The quantitative estimate of drug-likeness (QED) is 0.598. The van der Waals surface area contributed by atoms with Gasteiger partial charge in [0, 0.05) is 38.0 Å². The normalized spacial score (nSPS) is 19.9. The minimum atomic E-state index is -0.0344. The molecule has 1 atom stereocenters. The highest BCUT2D eigenvalue weighted by molar-refractivity contribution is 5.93. The lowest BCUT2D eigenvalue weighted by Crippen LogP contribution is -2.51. The molecule has 2 heterocycles. The van der Waals surface area contributed by atoms with E-state index in [2.05, 4.69) is 69.9 Å². The van der Waals surface area contributed by atoms with E-state index >= 15 is 0 Å². The van der Waals surface area contributed by atoms with Crippen molar-refractivity contribution < 1.29 is 9.90 Å². The van der Waals surface area contributed by atoms with Crippen molar-refractivity contribution in [2.24, 2.45) is 5.92 Å². The Morgan fingerprint density at radius 1 is 0.844 bits per heavy atom. The number of nitrogens with zero attached hydrogens (tertiary/aromatic N) is 2. The molecule has 2 aliphatic rings. The molecule has 0 saturated carbocycles. The maximum atomic E-state index is 12.7. The number of hydrogen-bond donors (Lipinski definition) is 2. The first kappa shape index (κ1) is 20.7. The molecule has 32 heavy (non-hydrogen) atoms. The topological polar surface area (TPSA) is 55.8 Å². The van der Waals surface area contributed by atoms with Gasteiger partial charge < -0.3 is 10.4 Å². The van der Waals surface area contributed by atoms with E-state index < -0.39 is 0 Å². The molecule has 3 aromatic carbocycles. The van der Waals surface area contributed by atoms with E-state index in [1.165, 1.54) is 16.7 Å². The first-order valence-corrected chi connectivity index (χ1v) is 11.4. The maximum Gasteiger partial charge on any atom is 0.227 e. The van der Waals surface area contributed by atoms with Gasteiger partial charge in [-0.25, -0.2) is 10.0 Å². The molecule has 0 aliphatic carbocycles. The Hall–Kier alpha value is -3.15. The van der Waals surface area contributed by atoms with Gasteiger partial charge >= 0.3 is 0 Å². The van der Waals surface area contributed by atoms with Crippen molar-refractivity contribution >= 4 is 11.6 Å². The largest absolute Gasteiger partial charge is 0.506 e. The Morgan fingerprint density at radius 2 is 1.53 bits per heavy atom. The second-order valence-electron chi connectivity index (χ2n) is 8.74. The number of anilines is 1. The second-order valence-corrected chi connectivity index (χ2v) is 8.74. The van der Waals surface area contributed by atoms with Crippen LogP contribution in [0.1, 0.15) is 35.4 Å². The number of amides is 1. The highest BCUT2D eigenvalue weighted by Crippen LogP contribution is 2.35. The summed E-state index contributed by atoms with van der Waals surface area (Å²) in [4.78, 5) is 12.7. The molecular formula is C27H29N3O2. The number of phenolic OH excluding ortho intramolecular Hbond substituents is 1. The van der Waals surface area contributed by atoms with Crippen molar-refractivity contribution in [2.75, 3.05) is 25.0 Å². The Morgan fingerprint density at radius 3 is 2.31 bits per heavy atom. The van der Waals surface area contributed by atoms with E-state index in [4.69, 9.17) is 0 Å². The van der Waals surface area contributed by atoms with Gasteiger partial charge in [0.25, 0.3) is 0 Å². The van der Waals surface area contributed by atoms with E-state index in [-0.39, 0.29) is 17.6 Å². The zero-order valence-corrected chi connectivity index (χ0v) is 18.2. The van der Waals surface area contributed by atoms with E-state index in [0.717, 1.165) is 39.0 Å². The standard InChI is InChI=1S/C27H29N3O2/c31-26-13-7-6-12-25(26)28-27(32)21-14-16-29(17-15-21)30-18-22-10-4-5-11-23(22)24(19-30)20-8-2-1-3-9-20/h1-13,21,24,31H,14-19H2,(H,28,32).